The minimum absolute atomic E-state index is 0.198. The maximum Gasteiger partial charge on any atom is 0.0436 e. The van der Waals surface area contributed by atoms with Crippen LogP contribution in [0.1, 0.15) is 31.4 Å². The molecule has 0 aliphatic carbocycles. The van der Waals surface area contributed by atoms with Gasteiger partial charge in [-0.1, -0.05) is 43.7 Å². The Morgan fingerprint density at radius 3 is 2.21 bits per heavy atom. The Bertz CT molecular complexity index is 272. The topological polar surface area (TPSA) is 20.2 Å². The summed E-state index contributed by atoms with van der Waals surface area (Å²) in [5, 5.41) is 8.92. The molecule has 0 aliphatic rings. The molecule has 0 heterocycles. The second-order valence-electron chi connectivity index (χ2n) is 4.80. The van der Waals surface area contributed by atoms with E-state index in [1.165, 1.54) is 11.1 Å². The summed E-state index contributed by atoms with van der Waals surface area (Å²) in [6.07, 6.45) is 1.90. The van der Waals surface area contributed by atoms with Crippen LogP contribution in [0.2, 0.25) is 0 Å². The van der Waals surface area contributed by atoms with Crippen LogP contribution < -0.4 is 0 Å². The van der Waals surface area contributed by atoms with E-state index in [4.69, 9.17) is 5.11 Å². The molecule has 0 amide bonds. The molecule has 0 aliphatic heterocycles. The number of aliphatic hydroxyl groups is 1. The lowest BCUT2D eigenvalue weighted by Crippen LogP contribution is -2.16. The molecule has 1 heteroatoms. The molecule has 1 aromatic carbocycles. The van der Waals surface area contributed by atoms with Crippen molar-refractivity contribution in [2.24, 2.45) is 5.41 Å². The summed E-state index contributed by atoms with van der Waals surface area (Å²) in [4.78, 5) is 0. The van der Waals surface area contributed by atoms with Crippen molar-refractivity contribution in [1.29, 1.82) is 0 Å². The zero-order chi connectivity index (χ0) is 10.6. The lowest BCUT2D eigenvalue weighted by Gasteiger charge is -2.23. The first kappa shape index (κ1) is 11.3. The van der Waals surface area contributed by atoms with Gasteiger partial charge >= 0.3 is 0 Å². The molecule has 0 fully saturated rings. The number of rotatable bonds is 4. The fourth-order valence-corrected chi connectivity index (χ4v) is 1.65. The Morgan fingerprint density at radius 1 is 1.14 bits per heavy atom. The molecule has 0 spiro atoms. The molecular weight excluding hydrogens is 172 g/mol. The van der Waals surface area contributed by atoms with E-state index in [0.717, 1.165) is 12.8 Å². The van der Waals surface area contributed by atoms with Crippen molar-refractivity contribution in [2.45, 2.75) is 33.6 Å². The van der Waals surface area contributed by atoms with Gasteiger partial charge in [-0.3, -0.25) is 0 Å². The highest BCUT2D eigenvalue weighted by molar-refractivity contribution is 5.22. The molecule has 0 saturated heterocycles. The van der Waals surface area contributed by atoms with Gasteiger partial charge in [0.15, 0.2) is 0 Å². The minimum Gasteiger partial charge on any atom is -0.396 e. The molecule has 1 N–H and O–H groups in total. The maximum absolute atomic E-state index is 8.92. The summed E-state index contributed by atoms with van der Waals surface area (Å²) in [5.74, 6) is 0. The Morgan fingerprint density at radius 2 is 1.71 bits per heavy atom. The van der Waals surface area contributed by atoms with Gasteiger partial charge in [-0.25, -0.2) is 0 Å². The van der Waals surface area contributed by atoms with Crippen LogP contribution in [0.5, 0.6) is 0 Å². The fourth-order valence-electron chi connectivity index (χ4n) is 1.65. The molecule has 0 atom stereocenters. The molecule has 0 aromatic heterocycles. The molecule has 1 rings (SSSR count). The molecule has 0 saturated carbocycles. The number of benzene rings is 1. The van der Waals surface area contributed by atoms with Crippen molar-refractivity contribution < 1.29 is 5.11 Å². The van der Waals surface area contributed by atoms with E-state index in [2.05, 4.69) is 45.0 Å². The second kappa shape index (κ2) is 4.61. The highest BCUT2D eigenvalue weighted by Gasteiger charge is 2.17. The lowest BCUT2D eigenvalue weighted by atomic mass is 9.83. The Kier molecular flexibility index (Phi) is 3.70. The van der Waals surface area contributed by atoms with E-state index in [1.807, 2.05) is 0 Å². The third-order valence-electron chi connectivity index (χ3n) is 2.59. The van der Waals surface area contributed by atoms with Gasteiger partial charge in [0.25, 0.3) is 0 Å². The number of aliphatic hydroxyl groups excluding tert-OH is 1. The van der Waals surface area contributed by atoms with Gasteiger partial charge in [-0.05, 0) is 30.7 Å². The van der Waals surface area contributed by atoms with Gasteiger partial charge in [0.1, 0.15) is 0 Å². The van der Waals surface area contributed by atoms with Gasteiger partial charge in [-0.15, -0.1) is 0 Å². The SMILES string of the molecule is Cc1ccc(CC(C)(C)CCO)cc1. The summed E-state index contributed by atoms with van der Waals surface area (Å²) < 4.78 is 0. The molecule has 0 unspecified atom stereocenters. The first-order chi connectivity index (χ1) is 6.53. The first-order valence-electron chi connectivity index (χ1n) is 5.20. The van der Waals surface area contributed by atoms with Crippen molar-refractivity contribution in [3.05, 3.63) is 35.4 Å². The third-order valence-corrected chi connectivity index (χ3v) is 2.59. The zero-order valence-corrected chi connectivity index (χ0v) is 9.38. The van der Waals surface area contributed by atoms with Crippen LogP contribution in [0.4, 0.5) is 0 Å². The molecule has 0 radical (unpaired) electrons. The van der Waals surface area contributed by atoms with E-state index in [1.54, 1.807) is 0 Å². The Hall–Kier alpha value is -0.820. The summed E-state index contributed by atoms with van der Waals surface area (Å²) in [6, 6.07) is 8.64. The van der Waals surface area contributed by atoms with Crippen LogP contribution in [0.25, 0.3) is 0 Å². The van der Waals surface area contributed by atoms with Gasteiger partial charge in [0, 0.05) is 6.61 Å². The summed E-state index contributed by atoms with van der Waals surface area (Å²) in [5.41, 5.74) is 2.85. The highest BCUT2D eigenvalue weighted by Crippen LogP contribution is 2.25. The van der Waals surface area contributed by atoms with Crippen molar-refractivity contribution in [1.82, 2.24) is 0 Å². The highest BCUT2D eigenvalue weighted by atomic mass is 16.3. The largest absolute Gasteiger partial charge is 0.396 e. The van der Waals surface area contributed by atoms with Crippen LogP contribution >= 0.6 is 0 Å². The second-order valence-corrected chi connectivity index (χ2v) is 4.80. The van der Waals surface area contributed by atoms with Gasteiger partial charge in [0.2, 0.25) is 0 Å². The quantitative estimate of drug-likeness (QED) is 0.777. The number of hydrogen-bond acceptors (Lipinski definition) is 1. The smallest absolute Gasteiger partial charge is 0.0436 e. The van der Waals surface area contributed by atoms with Crippen LogP contribution in [-0.4, -0.2) is 11.7 Å². The van der Waals surface area contributed by atoms with E-state index in [-0.39, 0.29) is 12.0 Å². The predicted octanol–water partition coefficient (Wildman–Crippen LogP) is 2.95. The van der Waals surface area contributed by atoms with Crippen molar-refractivity contribution >= 4 is 0 Å². The first-order valence-corrected chi connectivity index (χ1v) is 5.20. The molecule has 0 bridgehead atoms. The van der Waals surface area contributed by atoms with E-state index in [9.17, 15) is 0 Å². The van der Waals surface area contributed by atoms with Crippen LogP contribution in [0.3, 0.4) is 0 Å². The van der Waals surface area contributed by atoms with Crippen LogP contribution in [0.15, 0.2) is 24.3 Å². The lowest BCUT2D eigenvalue weighted by molar-refractivity contribution is 0.211. The Balaban J connectivity index is 2.64. The number of aryl methyl sites for hydroxylation is 1. The standard InChI is InChI=1S/C13H20O/c1-11-4-6-12(7-5-11)10-13(2,3)8-9-14/h4-7,14H,8-10H2,1-3H3. The van der Waals surface area contributed by atoms with Gasteiger partial charge in [-0.2, -0.15) is 0 Å². The zero-order valence-electron chi connectivity index (χ0n) is 9.38. The van der Waals surface area contributed by atoms with E-state index >= 15 is 0 Å². The van der Waals surface area contributed by atoms with Gasteiger partial charge in [0.05, 0.1) is 0 Å². The van der Waals surface area contributed by atoms with Gasteiger partial charge < -0.3 is 5.11 Å². The van der Waals surface area contributed by atoms with E-state index < -0.39 is 0 Å². The van der Waals surface area contributed by atoms with E-state index in [0.29, 0.717) is 0 Å². The van der Waals surface area contributed by atoms with Crippen molar-refractivity contribution in [3.8, 4) is 0 Å². The average molecular weight is 192 g/mol. The maximum atomic E-state index is 8.92. The van der Waals surface area contributed by atoms with Crippen molar-refractivity contribution in [3.63, 3.8) is 0 Å². The van der Waals surface area contributed by atoms with Crippen LogP contribution in [0, 0.1) is 12.3 Å². The molecule has 1 nitrogen and oxygen atoms in total. The predicted molar refractivity (Wildman–Crippen MR) is 60.4 cm³/mol. The summed E-state index contributed by atoms with van der Waals surface area (Å²) >= 11 is 0. The average Bonchev–Trinajstić information content (AvgIpc) is 2.08. The minimum atomic E-state index is 0.198. The van der Waals surface area contributed by atoms with Crippen molar-refractivity contribution in [2.75, 3.05) is 6.61 Å². The molecule has 14 heavy (non-hydrogen) atoms. The molecule has 78 valence electrons. The summed E-state index contributed by atoms with van der Waals surface area (Å²) in [7, 11) is 0. The monoisotopic (exact) mass is 192 g/mol. The fraction of sp³-hybridized carbons (Fsp3) is 0.538. The summed E-state index contributed by atoms with van der Waals surface area (Å²) in [6.45, 7) is 6.77. The van der Waals surface area contributed by atoms with Crippen LogP contribution in [-0.2, 0) is 6.42 Å². The Labute approximate surface area is 86.8 Å². The molecule has 1 aromatic rings. The third kappa shape index (κ3) is 3.51. The molecular formula is C13H20O. The normalized spacial score (nSPS) is 11.7. The number of hydrogen-bond donors (Lipinski definition) is 1.